The third kappa shape index (κ3) is 6.67. The predicted molar refractivity (Wildman–Crippen MR) is 60.8 cm³/mol. The van der Waals surface area contributed by atoms with Gasteiger partial charge in [0.05, 0.1) is 0 Å². The van der Waals surface area contributed by atoms with Crippen LogP contribution in [0.3, 0.4) is 0 Å². The van der Waals surface area contributed by atoms with Crippen molar-refractivity contribution < 1.29 is 19.8 Å². The zero-order valence-electron chi connectivity index (χ0n) is 8.12. The van der Waals surface area contributed by atoms with Crippen LogP contribution in [0.4, 0.5) is 0 Å². The molecular weight excluding hydrogens is 251 g/mol. The fourth-order valence-corrected chi connectivity index (χ4v) is 4.56. The maximum absolute atomic E-state index is 10.5. The topological polar surface area (TPSA) is 127 Å². The fraction of sp³-hybridized carbons (Fsp3) is 0.667. The quantitative estimate of drug-likeness (QED) is 0.329. The van der Waals surface area contributed by atoms with Crippen LogP contribution in [0, 0.1) is 0 Å². The molecule has 0 spiro atoms. The number of aliphatic carboxylic acids is 2. The van der Waals surface area contributed by atoms with Crippen molar-refractivity contribution in [2.45, 2.75) is 14.6 Å². The van der Waals surface area contributed by atoms with Gasteiger partial charge in [0.1, 0.15) is 0 Å². The van der Waals surface area contributed by atoms with Gasteiger partial charge in [-0.15, -0.1) is 0 Å². The molecule has 0 aliphatic heterocycles. The molecule has 0 fully saturated rings. The molecule has 0 aromatic carbocycles. The van der Waals surface area contributed by atoms with Crippen LogP contribution in [-0.2, 0) is 9.59 Å². The zero-order valence-corrected chi connectivity index (χ0v) is 11.8. The van der Waals surface area contributed by atoms with Gasteiger partial charge < -0.3 is 0 Å². The molecular formula is C6H11N2NaO4S2. The SMILES string of the molecule is N[C@H](C(=O)O)[CH]([Na])SSC[C@H](N)C(=O)O. The first-order valence-electron chi connectivity index (χ1n) is 4.11. The van der Waals surface area contributed by atoms with Crippen LogP contribution < -0.4 is 11.5 Å². The van der Waals surface area contributed by atoms with E-state index in [2.05, 4.69) is 0 Å². The van der Waals surface area contributed by atoms with E-state index in [1.807, 2.05) is 0 Å². The third-order valence-corrected chi connectivity index (χ3v) is 6.98. The van der Waals surface area contributed by atoms with Gasteiger partial charge in [-0.05, 0) is 0 Å². The molecule has 3 atom stereocenters. The first kappa shape index (κ1) is 15.6. The Bertz CT molecular complexity index is 243. The van der Waals surface area contributed by atoms with Crippen molar-refractivity contribution in [3.05, 3.63) is 0 Å². The number of carboxylic acid groups (broad SMARTS) is 2. The van der Waals surface area contributed by atoms with Crippen LogP contribution in [0.1, 0.15) is 0 Å². The summed E-state index contributed by atoms with van der Waals surface area (Å²) in [4.78, 5) is 20.9. The fourth-order valence-electron chi connectivity index (χ4n) is 0.552. The summed E-state index contributed by atoms with van der Waals surface area (Å²) in [5.74, 6) is -1.85. The summed E-state index contributed by atoms with van der Waals surface area (Å²) in [7, 11) is 2.53. The molecule has 0 radical (unpaired) electrons. The van der Waals surface area contributed by atoms with E-state index in [-0.39, 0.29) is 8.25 Å². The molecule has 0 saturated carbocycles. The van der Waals surface area contributed by atoms with Gasteiger partial charge in [0.2, 0.25) is 0 Å². The second kappa shape index (κ2) is 7.77. The van der Waals surface area contributed by atoms with E-state index in [1.54, 1.807) is 0 Å². The number of nitrogens with two attached hydrogens (primary N) is 2. The Labute approximate surface area is 112 Å². The molecule has 0 amide bonds. The van der Waals surface area contributed by atoms with E-state index in [4.69, 9.17) is 21.7 Å². The van der Waals surface area contributed by atoms with Gasteiger partial charge in [-0.2, -0.15) is 0 Å². The van der Waals surface area contributed by atoms with Crippen molar-refractivity contribution in [3.8, 4) is 0 Å². The Balaban J connectivity index is 3.77. The first-order chi connectivity index (χ1) is 6.86. The van der Waals surface area contributed by atoms with Gasteiger partial charge in [-0.3, -0.25) is 0 Å². The summed E-state index contributed by atoms with van der Waals surface area (Å²) < 4.78 is -0.159. The summed E-state index contributed by atoms with van der Waals surface area (Å²) in [6.45, 7) is 0. The molecule has 0 bridgehead atoms. The molecule has 6 nitrogen and oxygen atoms in total. The van der Waals surface area contributed by atoms with Crippen molar-refractivity contribution in [1.82, 2.24) is 0 Å². The summed E-state index contributed by atoms with van der Waals surface area (Å²) in [6.07, 6.45) is 0. The summed E-state index contributed by atoms with van der Waals surface area (Å²) in [5.41, 5.74) is 10.7. The van der Waals surface area contributed by atoms with Gasteiger partial charge in [-0.1, -0.05) is 0 Å². The number of hydrogen-bond donors (Lipinski definition) is 4. The number of carbonyl (C=O) groups is 2. The minimum atomic E-state index is -1.06. The van der Waals surface area contributed by atoms with E-state index in [0.29, 0.717) is 27.9 Å². The Morgan fingerprint density at radius 1 is 1.27 bits per heavy atom. The molecule has 15 heavy (non-hydrogen) atoms. The van der Waals surface area contributed by atoms with Gasteiger partial charge >= 0.3 is 113 Å². The van der Waals surface area contributed by atoms with Crippen molar-refractivity contribution in [1.29, 1.82) is 0 Å². The van der Waals surface area contributed by atoms with Gasteiger partial charge in [0, 0.05) is 0 Å². The third-order valence-electron chi connectivity index (χ3n) is 1.58. The zero-order chi connectivity index (χ0) is 12.0. The van der Waals surface area contributed by atoms with Gasteiger partial charge in [-0.25, -0.2) is 0 Å². The van der Waals surface area contributed by atoms with E-state index in [9.17, 15) is 9.59 Å². The summed E-state index contributed by atoms with van der Waals surface area (Å²) >= 11 is 0.625. The molecule has 1 unspecified atom stereocenters. The molecule has 0 heterocycles. The number of rotatable bonds is 7. The van der Waals surface area contributed by atoms with E-state index < -0.39 is 24.0 Å². The van der Waals surface area contributed by atoms with Crippen LogP contribution in [0.2, 0.25) is 0 Å². The van der Waals surface area contributed by atoms with Crippen LogP contribution in [0.15, 0.2) is 0 Å². The molecule has 0 rings (SSSR count). The number of carboxylic acids is 2. The van der Waals surface area contributed by atoms with Crippen LogP contribution in [-0.4, -0.2) is 70.4 Å². The van der Waals surface area contributed by atoms with Crippen LogP contribution in [0.5, 0.6) is 0 Å². The normalized spacial score (nSPS) is 16.8. The molecule has 6 N–H and O–H groups in total. The average molecular weight is 262 g/mol. The Kier molecular flexibility index (Phi) is 8.06. The van der Waals surface area contributed by atoms with Crippen molar-refractivity contribution in [2.24, 2.45) is 11.5 Å². The predicted octanol–water partition coefficient (Wildman–Crippen LogP) is -1.31. The molecule has 0 saturated heterocycles. The summed E-state index contributed by atoms with van der Waals surface area (Å²) in [5, 5.41) is 17.1. The maximum atomic E-state index is 10.5. The summed E-state index contributed by atoms with van der Waals surface area (Å²) in [6, 6.07) is -1.81. The van der Waals surface area contributed by atoms with Crippen LogP contribution in [0.25, 0.3) is 0 Å². The second-order valence-electron chi connectivity index (χ2n) is 2.89. The molecule has 0 aromatic rings. The van der Waals surface area contributed by atoms with Crippen molar-refractivity contribution >= 4 is 61.5 Å². The van der Waals surface area contributed by atoms with E-state index >= 15 is 0 Å². The molecule has 9 heteroatoms. The molecule has 0 aliphatic carbocycles. The van der Waals surface area contributed by atoms with Gasteiger partial charge in [0.15, 0.2) is 0 Å². The second-order valence-corrected chi connectivity index (χ2v) is 7.77. The first-order valence-corrected chi connectivity index (χ1v) is 7.65. The minimum absolute atomic E-state index is 0.159. The van der Waals surface area contributed by atoms with Crippen LogP contribution >= 0.6 is 21.6 Å². The number of hydrogen-bond acceptors (Lipinski definition) is 6. The Hall–Kier alpha value is 0.560. The molecule has 0 aliphatic rings. The van der Waals surface area contributed by atoms with Gasteiger partial charge in [0.25, 0.3) is 0 Å². The Morgan fingerprint density at radius 3 is 2.20 bits per heavy atom. The molecule has 0 aromatic heterocycles. The van der Waals surface area contributed by atoms with E-state index in [0.717, 1.165) is 0 Å². The average Bonchev–Trinajstić information content (AvgIpc) is 2.15. The van der Waals surface area contributed by atoms with E-state index in [1.165, 1.54) is 21.6 Å². The Morgan fingerprint density at radius 2 is 1.80 bits per heavy atom. The standard InChI is InChI=1S/C6H11N2O4S2.Na/c7-3(5(9)10)1-13-14-2-4(8)6(11)12;/h1,3-4H,2,7-8H2,(H,9,10)(H,11,12);/t3-,4-;/m0./s1. The van der Waals surface area contributed by atoms with Crippen molar-refractivity contribution in [3.63, 3.8) is 0 Å². The monoisotopic (exact) mass is 262 g/mol. The molecule has 82 valence electrons. The van der Waals surface area contributed by atoms with Crippen molar-refractivity contribution in [2.75, 3.05) is 5.75 Å².